The van der Waals surface area contributed by atoms with Crippen molar-refractivity contribution in [1.29, 1.82) is 0 Å². The molecule has 1 heterocycles. The van der Waals surface area contributed by atoms with Gasteiger partial charge in [0.15, 0.2) is 11.5 Å². The molecule has 1 N–H and O–H groups in total. The zero-order valence-corrected chi connectivity index (χ0v) is 16.2. The summed E-state index contributed by atoms with van der Waals surface area (Å²) in [5.41, 5.74) is 2.82. The van der Waals surface area contributed by atoms with Crippen LogP contribution in [0.3, 0.4) is 0 Å². The van der Waals surface area contributed by atoms with Crippen molar-refractivity contribution < 1.29 is 19.0 Å². The molecule has 3 rings (SSSR count). The Bertz CT molecular complexity index is 803. The van der Waals surface area contributed by atoms with Gasteiger partial charge in [-0.25, -0.2) is 0 Å². The van der Waals surface area contributed by atoms with Gasteiger partial charge in [-0.1, -0.05) is 25.1 Å². The van der Waals surface area contributed by atoms with E-state index in [0.29, 0.717) is 37.7 Å². The van der Waals surface area contributed by atoms with Crippen LogP contribution in [0.5, 0.6) is 17.2 Å². The van der Waals surface area contributed by atoms with Crippen molar-refractivity contribution in [3.63, 3.8) is 0 Å². The number of nitrogens with one attached hydrogen (secondary N) is 1. The van der Waals surface area contributed by atoms with Crippen LogP contribution >= 0.6 is 0 Å². The van der Waals surface area contributed by atoms with Gasteiger partial charge in [0, 0.05) is 29.7 Å². The smallest absolute Gasteiger partial charge is 0.225 e. The minimum absolute atomic E-state index is 0.00981. The summed E-state index contributed by atoms with van der Waals surface area (Å²) in [5, 5.41) is 2.98. The molecule has 0 spiro atoms. The second-order valence-corrected chi connectivity index (χ2v) is 6.44. The number of rotatable bonds is 8. The molecule has 0 bridgehead atoms. The molecule has 1 amide bonds. The fourth-order valence-electron chi connectivity index (χ4n) is 3.39. The average Bonchev–Trinajstić information content (AvgIpc) is 2.67. The molecule has 1 aliphatic rings. The Balaban J connectivity index is 2.07. The highest BCUT2D eigenvalue weighted by molar-refractivity contribution is 5.96. The second-order valence-electron chi connectivity index (χ2n) is 6.44. The molecule has 0 fully saturated rings. The van der Waals surface area contributed by atoms with Crippen LogP contribution in [0.25, 0.3) is 0 Å². The van der Waals surface area contributed by atoms with Gasteiger partial charge in [-0.2, -0.15) is 0 Å². The quantitative estimate of drug-likeness (QED) is 0.730. The molecular weight excluding hydrogens is 342 g/mol. The number of carbonyl (C=O) groups excluding carboxylic acids is 1. The summed E-state index contributed by atoms with van der Waals surface area (Å²) in [6.45, 7) is 7.68. The van der Waals surface area contributed by atoms with E-state index in [1.165, 1.54) is 0 Å². The van der Waals surface area contributed by atoms with Gasteiger partial charge in [0.25, 0.3) is 0 Å². The zero-order valence-electron chi connectivity index (χ0n) is 16.2. The topological polar surface area (TPSA) is 56.8 Å². The maximum absolute atomic E-state index is 12.4. The highest BCUT2D eigenvalue weighted by Gasteiger charge is 2.30. The first kappa shape index (κ1) is 19.1. The van der Waals surface area contributed by atoms with Crippen LogP contribution in [0.1, 0.15) is 50.7 Å². The molecule has 1 aliphatic heterocycles. The van der Waals surface area contributed by atoms with Crippen LogP contribution < -0.4 is 19.5 Å². The van der Waals surface area contributed by atoms with Crippen LogP contribution in [0, 0.1) is 0 Å². The summed E-state index contributed by atoms with van der Waals surface area (Å²) >= 11 is 0. The zero-order chi connectivity index (χ0) is 19.2. The van der Waals surface area contributed by atoms with Gasteiger partial charge in [-0.15, -0.1) is 0 Å². The Morgan fingerprint density at radius 3 is 2.33 bits per heavy atom. The number of hydrogen-bond donors (Lipinski definition) is 1. The monoisotopic (exact) mass is 369 g/mol. The van der Waals surface area contributed by atoms with Crippen LogP contribution in [-0.2, 0) is 4.79 Å². The lowest BCUT2D eigenvalue weighted by molar-refractivity contribution is -0.116. The van der Waals surface area contributed by atoms with Crippen molar-refractivity contribution in [1.82, 2.24) is 0 Å². The van der Waals surface area contributed by atoms with Crippen molar-refractivity contribution in [2.75, 3.05) is 25.1 Å². The molecule has 0 saturated heterocycles. The van der Waals surface area contributed by atoms with E-state index in [9.17, 15) is 4.79 Å². The van der Waals surface area contributed by atoms with Gasteiger partial charge in [0.05, 0.1) is 19.8 Å². The molecule has 5 heteroatoms. The van der Waals surface area contributed by atoms with E-state index in [4.69, 9.17) is 14.2 Å². The molecule has 0 radical (unpaired) electrons. The molecule has 0 unspecified atom stereocenters. The SMILES string of the molecule is CCCOc1ccccc1[C@H]1CC(=O)Nc2cc(OCC)c(OCC)cc21. The van der Waals surface area contributed by atoms with E-state index >= 15 is 0 Å². The minimum Gasteiger partial charge on any atom is -0.493 e. The van der Waals surface area contributed by atoms with Crippen LogP contribution in [0.15, 0.2) is 36.4 Å². The van der Waals surface area contributed by atoms with Gasteiger partial charge in [-0.3, -0.25) is 4.79 Å². The van der Waals surface area contributed by atoms with Crippen molar-refractivity contribution >= 4 is 11.6 Å². The fourth-order valence-corrected chi connectivity index (χ4v) is 3.39. The average molecular weight is 369 g/mol. The van der Waals surface area contributed by atoms with E-state index in [0.717, 1.165) is 29.0 Å². The largest absolute Gasteiger partial charge is 0.493 e. The first-order chi connectivity index (χ1) is 13.2. The van der Waals surface area contributed by atoms with Crippen LogP contribution in [0.2, 0.25) is 0 Å². The molecule has 0 aromatic heterocycles. The number of ether oxygens (including phenoxy) is 3. The second kappa shape index (κ2) is 8.80. The van der Waals surface area contributed by atoms with E-state index < -0.39 is 0 Å². The normalized spacial score (nSPS) is 15.7. The van der Waals surface area contributed by atoms with Crippen molar-refractivity contribution in [3.8, 4) is 17.2 Å². The van der Waals surface area contributed by atoms with E-state index in [-0.39, 0.29) is 11.8 Å². The number of amides is 1. The maximum atomic E-state index is 12.4. The van der Waals surface area contributed by atoms with E-state index in [2.05, 4.69) is 12.2 Å². The summed E-state index contributed by atoms with van der Waals surface area (Å²) in [6, 6.07) is 11.8. The Morgan fingerprint density at radius 2 is 1.63 bits per heavy atom. The number of benzene rings is 2. The molecule has 144 valence electrons. The molecule has 0 saturated carbocycles. The summed E-state index contributed by atoms with van der Waals surface area (Å²) in [4.78, 5) is 12.4. The lowest BCUT2D eigenvalue weighted by Gasteiger charge is -2.28. The standard InChI is InChI=1S/C22H27NO4/c1-4-11-27-19-10-8-7-9-15(19)16-13-22(24)23-18-14-21(26-6-3)20(25-5-2)12-17(16)18/h7-10,12,14,16H,4-6,11,13H2,1-3H3,(H,23,24)/t16-/m1/s1. The number of anilines is 1. The number of carbonyl (C=O) groups is 1. The summed E-state index contributed by atoms with van der Waals surface area (Å²) in [6.07, 6.45) is 1.31. The van der Waals surface area contributed by atoms with Crippen molar-refractivity contribution in [3.05, 3.63) is 47.5 Å². The maximum Gasteiger partial charge on any atom is 0.225 e. The van der Waals surface area contributed by atoms with Gasteiger partial charge in [0.1, 0.15) is 5.75 Å². The Labute approximate surface area is 160 Å². The molecule has 0 aliphatic carbocycles. The third-order valence-corrected chi connectivity index (χ3v) is 4.51. The van der Waals surface area contributed by atoms with Gasteiger partial charge in [-0.05, 0) is 38.0 Å². The Morgan fingerprint density at radius 1 is 0.926 bits per heavy atom. The van der Waals surface area contributed by atoms with Crippen LogP contribution in [-0.4, -0.2) is 25.7 Å². The number of fused-ring (bicyclic) bond motifs is 1. The van der Waals surface area contributed by atoms with Crippen LogP contribution in [0.4, 0.5) is 5.69 Å². The molecular formula is C22H27NO4. The minimum atomic E-state index is -0.0864. The Hall–Kier alpha value is -2.69. The predicted octanol–water partition coefficient (Wildman–Crippen LogP) is 4.75. The fraction of sp³-hybridized carbons (Fsp3) is 0.409. The summed E-state index contributed by atoms with van der Waals surface area (Å²) in [5.74, 6) is 2.08. The molecule has 1 atom stereocenters. The number of para-hydroxylation sites is 1. The molecule has 27 heavy (non-hydrogen) atoms. The van der Waals surface area contributed by atoms with Crippen molar-refractivity contribution in [2.24, 2.45) is 0 Å². The molecule has 5 nitrogen and oxygen atoms in total. The highest BCUT2D eigenvalue weighted by Crippen LogP contribution is 2.45. The summed E-state index contributed by atoms with van der Waals surface area (Å²) in [7, 11) is 0. The third-order valence-electron chi connectivity index (χ3n) is 4.51. The summed E-state index contributed by atoms with van der Waals surface area (Å²) < 4.78 is 17.4. The van der Waals surface area contributed by atoms with Gasteiger partial charge in [0.2, 0.25) is 5.91 Å². The van der Waals surface area contributed by atoms with E-state index in [1.807, 2.05) is 50.2 Å². The molecule has 2 aromatic rings. The van der Waals surface area contributed by atoms with Gasteiger partial charge < -0.3 is 19.5 Å². The third kappa shape index (κ3) is 4.18. The molecule has 2 aromatic carbocycles. The first-order valence-corrected chi connectivity index (χ1v) is 9.63. The van der Waals surface area contributed by atoms with Crippen molar-refractivity contribution in [2.45, 2.75) is 39.5 Å². The lowest BCUT2D eigenvalue weighted by atomic mass is 9.84. The lowest BCUT2D eigenvalue weighted by Crippen LogP contribution is -2.24. The predicted molar refractivity (Wildman–Crippen MR) is 106 cm³/mol. The van der Waals surface area contributed by atoms with Gasteiger partial charge >= 0.3 is 0 Å². The number of hydrogen-bond acceptors (Lipinski definition) is 4. The Kier molecular flexibility index (Phi) is 6.22. The van der Waals surface area contributed by atoms with E-state index in [1.54, 1.807) is 0 Å². The first-order valence-electron chi connectivity index (χ1n) is 9.63. The highest BCUT2D eigenvalue weighted by atomic mass is 16.5.